The maximum absolute atomic E-state index is 13.1. The molecule has 1 heterocycles. The number of rotatable bonds is 6. The van der Waals surface area contributed by atoms with Gasteiger partial charge in [-0.05, 0) is 59.3 Å². The summed E-state index contributed by atoms with van der Waals surface area (Å²) in [6.07, 6.45) is 1.66. The number of amides is 2. The minimum Gasteiger partial charge on any atom is -0.488 e. The van der Waals surface area contributed by atoms with Crippen LogP contribution >= 0.6 is 23.4 Å². The van der Waals surface area contributed by atoms with E-state index in [1.165, 1.54) is 12.1 Å². The van der Waals surface area contributed by atoms with Gasteiger partial charge in [0.1, 0.15) is 18.2 Å². The van der Waals surface area contributed by atoms with Crippen LogP contribution in [0.25, 0.3) is 6.08 Å². The Kier molecular flexibility index (Phi) is 6.39. The first kappa shape index (κ1) is 21.2. The number of halogens is 2. The van der Waals surface area contributed by atoms with Crippen LogP contribution in [0.1, 0.15) is 16.7 Å². The van der Waals surface area contributed by atoms with Gasteiger partial charge in [0.05, 0.1) is 11.4 Å². The number of hydrogen-bond donors (Lipinski definition) is 0. The summed E-state index contributed by atoms with van der Waals surface area (Å²) < 4.78 is 19.0. The maximum Gasteiger partial charge on any atom is 0.293 e. The third kappa shape index (κ3) is 5.16. The highest BCUT2D eigenvalue weighted by Gasteiger charge is 2.35. The summed E-state index contributed by atoms with van der Waals surface area (Å²) in [5.74, 6) is -0.150. The topological polar surface area (TPSA) is 46.6 Å². The summed E-state index contributed by atoms with van der Waals surface area (Å²) in [7, 11) is 0. The maximum atomic E-state index is 13.1. The highest BCUT2D eigenvalue weighted by atomic mass is 35.5. The van der Waals surface area contributed by atoms with E-state index in [0.717, 1.165) is 22.2 Å². The number of benzene rings is 3. The first-order valence-electron chi connectivity index (χ1n) is 9.46. The monoisotopic (exact) mass is 453 g/mol. The van der Waals surface area contributed by atoms with Crippen LogP contribution in [-0.2, 0) is 17.9 Å². The lowest BCUT2D eigenvalue weighted by atomic mass is 10.1. The van der Waals surface area contributed by atoms with Gasteiger partial charge < -0.3 is 4.74 Å². The van der Waals surface area contributed by atoms with Crippen molar-refractivity contribution in [3.05, 3.63) is 105 Å². The number of ether oxygens (including phenoxy) is 1. The van der Waals surface area contributed by atoms with E-state index in [-0.39, 0.29) is 23.5 Å². The Hall–Kier alpha value is -3.09. The van der Waals surface area contributed by atoms with E-state index in [9.17, 15) is 14.0 Å². The van der Waals surface area contributed by atoms with Gasteiger partial charge in [-0.3, -0.25) is 14.5 Å². The molecule has 3 aromatic carbocycles. The fraction of sp³-hybridized carbons (Fsp3) is 0.0833. The predicted octanol–water partition coefficient (Wildman–Crippen LogP) is 6.29. The quantitative estimate of drug-likeness (QED) is 0.411. The Balaban J connectivity index is 1.50. The Morgan fingerprint density at radius 2 is 1.61 bits per heavy atom. The SMILES string of the molecule is O=C1S/C(=C\c2ccccc2OCc2ccc(Cl)cc2)C(=O)N1Cc1ccc(F)cc1. The van der Waals surface area contributed by atoms with Crippen molar-refractivity contribution in [3.63, 3.8) is 0 Å². The summed E-state index contributed by atoms with van der Waals surface area (Å²) in [6, 6.07) is 20.4. The van der Waals surface area contributed by atoms with Gasteiger partial charge >= 0.3 is 0 Å². The van der Waals surface area contributed by atoms with Crippen LogP contribution in [0.4, 0.5) is 9.18 Å². The van der Waals surface area contributed by atoms with Crippen molar-refractivity contribution in [2.24, 2.45) is 0 Å². The number of nitrogens with zero attached hydrogens (tertiary/aromatic N) is 1. The van der Waals surface area contributed by atoms with Gasteiger partial charge in [-0.15, -0.1) is 0 Å². The molecule has 0 bridgehead atoms. The molecule has 0 radical (unpaired) electrons. The second-order valence-corrected chi connectivity index (χ2v) is 8.28. The number of imide groups is 1. The minimum absolute atomic E-state index is 0.0942. The molecule has 0 atom stereocenters. The van der Waals surface area contributed by atoms with Crippen molar-refractivity contribution in [2.45, 2.75) is 13.2 Å². The molecule has 1 aliphatic rings. The van der Waals surface area contributed by atoms with Crippen LogP contribution in [0.5, 0.6) is 5.75 Å². The van der Waals surface area contributed by atoms with Crippen molar-refractivity contribution in [1.29, 1.82) is 0 Å². The lowest BCUT2D eigenvalue weighted by Gasteiger charge is -2.12. The van der Waals surface area contributed by atoms with E-state index in [4.69, 9.17) is 16.3 Å². The number of carbonyl (C=O) groups is 2. The molecule has 0 unspecified atom stereocenters. The minimum atomic E-state index is -0.383. The lowest BCUT2D eigenvalue weighted by molar-refractivity contribution is -0.123. The summed E-state index contributed by atoms with van der Waals surface area (Å²) in [4.78, 5) is 26.7. The molecule has 1 saturated heterocycles. The van der Waals surface area contributed by atoms with Crippen LogP contribution in [0, 0.1) is 5.82 Å². The van der Waals surface area contributed by atoms with Crippen molar-refractivity contribution in [2.75, 3.05) is 0 Å². The van der Waals surface area contributed by atoms with Gasteiger partial charge in [0.2, 0.25) is 0 Å². The van der Waals surface area contributed by atoms with E-state index in [1.54, 1.807) is 30.3 Å². The highest BCUT2D eigenvalue weighted by Crippen LogP contribution is 2.35. The van der Waals surface area contributed by atoms with Crippen LogP contribution in [0.3, 0.4) is 0 Å². The number of para-hydroxylation sites is 1. The van der Waals surface area contributed by atoms with Gasteiger partial charge in [-0.2, -0.15) is 0 Å². The molecule has 0 aliphatic carbocycles. The molecular weight excluding hydrogens is 437 g/mol. The predicted molar refractivity (Wildman–Crippen MR) is 120 cm³/mol. The number of carbonyl (C=O) groups excluding carboxylic acids is 2. The van der Waals surface area contributed by atoms with Gasteiger partial charge in [0.15, 0.2) is 0 Å². The molecule has 1 fully saturated rings. The summed E-state index contributed by atoms with van der Waals surface area (Å²) in [5.41, 5.74) is 2.33. The first-order chi connectivity index (χ1) is 15.0. The summed E-state index contributed by atoms with van der Waals surface area (Å²) in [6.45, 7) is 0.436. The van der Waals surface area contributed by atoms with Crippen molar-refractivity contribution < 1.29 is 18.7 Å². The van der Waals surface area contributed by atoms with E-state index >= 15 is 0 Å². The van der Waals surface area contributed by atoms with E-state index in [1.807, 2.05) is 36.4 Å². The fourth-order valence-electron chi connectivity index (χ4n) is 3.02. The van der Waals surface area contributed by atoms with Crippen LogP contribution < -0.4 is 4.74 Å². The number of hydrogen-bond acceptors (Lipinski definition) is 4. The zero-order valence-electron chi connectivity index (χ0n) is 16.3. The molecule has 0 N–H and O–H groups in total. The second-order valence-electron chi connectivity index (χ2n) is 6.85. The zero-order valence-corrected chi connectivity index (χ0v) is 17.8. The molecule has 3 aromatic rings. The van der Waals surface area contributed by atoms with Gasteiger partial charge in [0.25, 0.3) is 11.1 Å². The number of thioether (sulfide) groups is 1. The summed E-state index contributed by atoms with van der Waals surface area (Å²) >= 11 is 6.79. The third-order valence-electron chi connectivity index (χ3n) is 4.64. The van der Waals surface area contributed by atoms with E-state index < -0.39 is 0 Å². The van der Waals surface area contributed by atoms with Gasteiger partial charge in [-0.1, -0.05) is 54.1 Å². The molecule has 1 aliphatic heterocycles. The second kappa shape index (κ2) is 9.37. The van der Waals surface area contributed by atoms with Crippen molar-refractivity contribution >= 4 is 40.6 Å². The normalized spacial score (nSPS) is 15.0. The Morgan fingerprint density at radius 3 is 2.35 bits per heavy atom. The molecule has 0 spiro atoms. The zero-order chi connectivity index (χ0) is 21.8. The fourth-order valence-corrected chi connectivity index (χ4v) is 3.98. The Bertz CT molecular complexity index is 1150. The molecule has 4 nitrogen and oxygen atoms in total. The van der Waals surface area contributed by atoms with Crippen LogP contribution in [0.15, 0.2) is 77.7 Å². The molecule has 7 heteroatoms. The molecule has 156 valence electrons. The molecule has 0 aromatic heterocycles. The van der Waals surface area contributed by atoms with E-state index in [2.05, 4.69) is 0 Å². The van der Waals surface area contributed by atoms with Gasteiger partial charge in [0, 0.05) is 10.6 Å². The average Bonchev–Trinajstić information content (AvgIpc) is 3.03. The molecule has 2 amide bonds. The molecule has 4 rings (SSSR count). The first-order valence-corrected chi connectivity index (χ1v) is 10.6. The average molecular weight is 454 g/mol. The van der Waals surface area contributed by atoms with Crippen molar-refractivity contribution in [1.82, 2.24) is 4.90 Å². The molecule has 0 saturated carbocycles. The van der Waals surface area contributed by atoms with Crippen molar-refractivity contribution in [3.8, 4) is 5.75 Å². The third-order valence-corrected chi connectivity index (χ3v) is 5.80. The summed E-state index contributed by atoms with van der Waals surface area (Å²) in [5, 5.41) is 0.292. The van der Waals surface area contributed by atoms with Gasteiger partial charge in [-0.25, -0.2) is 4.39 Å². The molecule has 31 heavy (non-hydrogen) atoms. The van der Waals surface area contributed by atoms with Crippen LogP contribution in [-0.4, -0.2) is 16.0 Å². The smallest absolute Gasteiger partial charge is 0.293 e. The Labute approximate surface area is 188 Å². The Morgan fingerprint density at radius 1 is 0.935 bits per heavy atom. The van der Waals surface area contributed by atoms with Crippen LogP contribution in [0.2, 0.25) is 5.02 Å². The largest absolute Gasteiger partial charge is 0.488 e. The standard InChI is InChI=1S/C24H17ClFNO3S/c25-19-9-5-17(6-10-19)15-30-21-4-2-1-3-18(21)13-22-23(28)27(24(29)31-22)14-16-7-11-20(26)12-8-16/h1-13H,14-15H2/b22-13-. The molecular formula is C24H17ClFNO3S. The lowest BCUT2D eigenvalue weighted by Crippen LogP contribution is -2.27. The van der Waals surface area contributed by atoms with E-state index in [0.29, 0.717) is 33.4 Å². The highest BCUT2D eigenvalue weighted by molar-refractivity contribution is 8.18.